The van der Waals surface area contributed by atoms with Gasteiger partial charge in [-0.1, -0.05) is 12.1 Å². The highest BCUT2D eigenvalue weighted by molar-refractivity contribution is 7.99. The zero-order valence-corrected chi connectivity index (χ0v) is 14.3. The number of anilines is 1. The topological polar surface area (TPSA) is 46.6 Å². The molecule has 0 radical (unpaired) electrons. The highest BCUT2D eigenvalue weighted by atomic mass is 32.2. The molecule has 2 aromatic rings. The summed E-state index contributed by atoms with van der Waals surface area (Å²) in [6, 6.07) is 14.8. The fraction of sp³-hybridized carbons (Fsp3) is 0.263. The van der Waals surface area contributed by atoms with Crippen molar-refractivity contribution >= 4 is 29.1 Å². The summed E-state index contributed by atoms with van der Waals surface area (Å²) in [6.07, 6.45) is 0.957. The Balaban J connectivity index is 1.67. The highest BCUT2D eigenvalue weighted by Crippen LogP contribution is 2.33. The van der Waals surface area contributed by atoms with Gasteiger partial charge in [-0.2, -0.15) is 0 Å². The highest BCUT2D eigenvalue weighted by Gasteiger charge is 2.21. The van der Waals surface area contributed by atoms with Crippen LogP contribution < -0.4 is 9.64 Å². The van der Waals surface area contributed by atoms with Crippen molar-refractivity contribution in [1.29, 1.82) is 0 Å². The number of amides is 1. The molecule has 0 saturated carbocycles. The summed E-state index contributed by atoms with van der Waals surface area (Å²) in [5.74, 6) is 1.55. The number of hydrogen-bond donors (Lipinski definition) is 0. The third-order valence-electron chi connectivity index (χ3n) is 3.86. The van der Waals surface area contributed by atoms with Gasteiger partial charge >= 0.3 is 0 Å². The molecule has 0 atom stereocenters. The van der Waals surface area contributed by atoms with Crippen LogP contribution in [-0.4, -0.2) is 30.6 Å². The standard InChI is InChI=1S/C19H19NO3S/c1-14(21)15-7-9-16(10-8-15)23-13-19(22)20-11-4-12-24-18-6-3-2-5-17(18)20/h2-3,5-10H,4,11-13H2,1H3. The van der Waals surface area contributed by atoms with Crippen molar-refractivity contribution in [3.63, 3.8) is 0 Å². The van der Waals surface area contributed by atoms with Crippen LogP contribution in [0, 0.1) is 0 Å². The Kier molecular flexibility index (Phi) is 5.20. The van der Waals surface area contributed by atoms with Gasteiger partial charge in [-0.25, -0.2) is 0 Å². The molecule has 0 unspecified atom stereocenters. The zero-order chi connectivity index (χ0) is 16.9. The number of ketones is 1. The quantitative estimate of drug-likeness (QED) is 0.794. The predicted molar refractivity (Wildman–Crippen MR) is 96.1 cm³/mol. The Bertz CT molecular complexity index is 743. The molecule has 1 amide bonds. The molecule has 0 saturated heterocycles. The molecule has 4 nitrogen and oxygen atoms in total. The summed E-state index contributed by atoms with van der Waals surface area (Å²) in [6.45, 7) is 2.21. The molecule has 1 aliphatic heterocycles. The molecule has 124 valence electrons. The Morgan fingerprint density at radius 3 is 2.62 bits per heavy atom. The fourth-order valence-electron chi connectivity index (χ4n) is 2.60. The first kappa shape index (κ1) is 16.6. The van der Waals surface area contributed by atoms with Crippen LogP contribution in [0.4, 0.5) is 5.69 Å². The molecule has 1 aliphatic rings. The number of thioether (sulfide) groups is 1. The third-order valence-corrected chi connectivity index (χ3v) is 5.01. The summed E-state index contributed by atoms with van der Waals surface area (Å²) < 4.78 is 5.60. The van der Waals surface area contributed by atoms with Crippen molar-refractivity contribution in [3.8, 4) is 5.75 Å². The third kappa shape index (κ3) is 3.79. The minimum absolute atomic E-state index is 0.0105. The first-order chi connectivity index (χ1) is 11.6. The van der Waals surface area contributed by atoms with Crippen LogP contribution in [0.15, 0.2) is 53.4 Å². The van der Waals surface area contributed by atoms with Crippen LogP contribution in [0.1, 0.15) is 23.7 Å². The number of carbonyl (C=O) groups is 2. The Hall–Kier alpha value is -2.27. The maximum absolute atomic E-state index is 12.6. The smallest absolute Gasteiger partial charge is 0.264 e. The van der Waals surface area contributed by atoms with Gasteiger partial charge in [0.2, 0.25) is 0 Å². The number of para-hydroxylation sites is 1. The van der Waals surface area contributed by atoms with E-state index in [0.717, 1.165) is 22.8 Å². The molecule has 0 N–H and O–H groups in total. The van der Waals surface area contributed by atoms with Crippen LogP contribution in [0.2, 0.25) is 0 Å². The minimum atomic E-state index is -0.0550. The van der Waals surface area contributed by atoms with Crippen molar-refractivity contribution in [3.05, 3.63) is 54.1 Å². The van der Waals surface area contributed by atoms with E-state index in [1.54, 1.807) is 40.9 Å². The summed E-state index contributed by atoms with van der Waals surface area (Å²) in [4.78, 5) is 26.8. The van der Waals surface area contributed by atoms with Crippen molar-refractivity contribution < 1.29 is 14.3 Å². The summed E-state index contributed by atoms with van der Waals surface area (Å²) >= 11 is 1.78. The Morgan fingerprint density at radius 2 is 1.88 bits per heavy atom. The molecular formula is C19H19NO3S. The lowest BCUT2D eigenvalue weighted by molar-refractivity contribution is -0.120. The lowest BCUT2D eigenvalue weighted by Crippen LogP contribution is -2.35. The summed E-state index contributed by atoms with van der Waals surface area (Å²) in [7, 11) is 0. The monoisotopic (exact) mass is 341 g/mol. The first-order valence-corrected chi connectivity index (χ1v) is 8.90. The largest absolute Gasteiger partial charge is 0.484 e. The molecular weight excluding hydrogens is 322 g/mol. The molecule has 3 rings (SSSR count). The van der Waals surface area contributed by atoms with E-state index in [4.69, 9.17) is 4.74 Å². The number of carbonyl (C=O) groups excluding carboxylic acids is 2. The SMILES string of the molecule is CC(=O)c1ccc(OCC(=O)N2CCCSc3ccccc32)cc1. The Morgan fingerprint density at radius 1 is 1.12 bits per heavy atom. The molecule has 2 aromatic carbocycles. The Labute approximate surface area is 145 Å². The number of rotatable bonds is 4. The van der Waals surface area contributed by atoms with Crippen LogP contribution in [0.5, 0.6) is 5.75 Å². The maximum atomic E-state index is 12.6. The van der Waals surface area contributed by atoms with E-state index in [9.17, 15) is 9.59 Å². The van der Waals surface area contributed by atoms with Crippen molar-refractivity contribution in [2.45, 2.75) is 18.2 Å². The number of benzene rings is 2. The average molecular weight is 341 g/mol. The summed E-state index contributed by atoms with van der Waals surface area (Å²) in [5.41, 5.74) is 1.59. The van der Waals surface area contributed by atoms with E-state index >= 15 is 0 Å². The van der Waals surface area contributed by atoms with Gasteiger partial charge < -0.3 is 9.64 Å². The lowest BCUT2D eigenvalue weighted by atomic mass is 10.1. The number of ether oxygens (including phenoxy) is 1. The van der Waals surface area contributed by atoms with Crippen molar-refractivity contribution in [2.75, 3.05) is 23.8 Å². The van der Waals surface area contributed by atoms with Gasteiger partial charge in [-0.15, -0.1) is 11.8 Å². The van der Waals surface area contributed by atoms with Gasteiger partial charge in [-0.3, -0.25) is 9.59 Å². The van der Waals surface area contributed by atoms with Gasteiger partial charge in [0.25, 0.3) is 5.91 Å². The van der Waals surface area contributed by atoms with Gasteiger partial charge in [0.1, 0.15) is 5.75 Å². The molecule has 5 heteroatoms. The van der Waals surface area contributed by atoms with Crippen LogP contribution in [-0.2, 0) is 4.79 Å². The lowest BCUT2D eigenvalue weighted by Gasteiger charge is -2.22. The van der Waals surface area contributed by atoms with Crippen LogP contribution in [0.25, 0.3) is 0 Å². The van der Waals surface area contributed by atoms with Gasteiger partial charge in [0.15, 0.2) is 12.4 Å². The molecule has 0 aromatic heterocycles. The summed E-state index contributed by atoms with van der Waals surface area (Å²) in [5, 5.41) is 0. The van der Waals surface area contributed by atoms with E-state index in [-0.39, 0.29) is 18.3 Å². The average Bonchev–Trinajstić information content (AvgIpc) is 2.82. The molecule has 24 heavy (non-hydrogen) atoms. The van der Waals surface area contributed by atoms with E-state index in [1.807, 2.05) is 24.3 Å². The second kappa shape index (κ2) is 7.53. The second-order valence-corrected chi connectivity index (χ2v) is 6.72. The molecule has 0 aliphatic carbocycles. The first-order valence-electron chi connectivity index (χ1n) is 7.91. The molecule has 0 spiro atoms. The molecule has 1 heterocycles. The van der Waals surface area contributed by atoms with E-state index in [0.29, 0.717) is 17.9 Å². The predicted octanol–water partition coefficient (Wildman–Crippen LogP) is 3.80. The van der Waals surface area contributed by atoms with E-state index in [1.165, 1.54) is 6.92 Å². The zero-order valence-electron chi connectivity index (χ0n) is 13.5. The van der Waals surface area contributed by atoms with Gasteiger partial charge in [0, 0.05) is 17.0 Å². The van der Waals surface area contributed by atoms with Crippen LogP contribution >= 0.6 is 11.8 Å². The molecule has 0 bridgehead atoms. The van der Waals surface area contributed by atoms with Crippen molar-refractivity contribution in [1.82, 2.24) is 0 Å². The molecule has 0 fully saturated rings. The fourth-order valence-corrected chi connectivity index (χ4v) is 3.59. The van der Waals surface area contributed by atoms with E-state index < -0.39 is 0 Å². The van der Waals surface area contributed by atoms with E-state index in [2.05, 4.69) is 0 Å². The van der Waals surface area contributed by atoms with Gasteiger partial charge in [0.05, 0.1) is 5.69 Å². The number of hydrogen-bond acceptors (Lipinski definition) is 4. The van der Waals surface area contributed by atoms with Crippen LogP contribution in [0.3, 0.4) is 0 Å². The minimum Gasteiger partial charge on any atom is -0.484 e. The number of fused-ring (bicyclic) bond motifs is 1. The number of nitrogens with zero attached hydrogens (tertiary/aromatic N) is 1. The van der Waals surface area contributed by atoms with Crippen molar-refractivity contribution in [2.24, 2.45) is 0 Å². The second-order valence-electron chi connectivity index (χ2n) is 5.58. The number of Topliss-reactive ketones (excluding diaryl/α,β-unsaturated/α-hetero) is 1. The normalized spacial score (nSPS) is 13.8. The van der Waals surface area contributed by atoms with Gasteiger partial charge in [-0.05, 0) is 55.5 Å². The maximum Gasteiger partial charge on any atom is 0.264 e.